The van der Waals surface area contributed by atoms with E-state index in [-0.39, 0.29) is 13.0 Å². The van der Waals surface area contributed by atoms with Crippen molar-refractivity contribution in [2.24, 2.45) is 5.11 Å². The minimum absolute atomic E-state index is 0.0517. The third kappa shape index (κ3) is 4.68. The summed E-state index contributed by atoms with van der Waals surface area (Å²) in [6.45, 7) is 2.48. The lowest BCUT2D eigenvalue weighted by atomic mass is 10.2. The van der Waals surface area contributed by atoms with E-state index in [0.29, 0.717) is 0 Å². The van der Waals surface area contributed by atoms with Crippen molar-refractivity contribution >= 4 is 21.7 Å². The Balaban J connectivity index is 3.04. The highest BCUT2D eigenvalue weighted by molar-refractivity contribution is 7.86. The molecule has 0 unspecified atom stereocenters. The quantitative estimate of drug-likeness (QED) is 0.109. The molecule has 8 nitrogen and oxygen atoms in total. The Morgan fingerprint density at radius 1 is 1.24 bits per heavy atom. The average Bonchev–Trinajstić information content (AvgIpc) is 2.56. The van der Waals surface area contributed by atoms with E-state index in [1.165, 1.54) is 0 Å². The highest BCUT2D eigenvalue weighted by Crippen LogP contribution is 2.33. The summed E-state index contributed by atoms with van der Waals surface area (Å²) in [6, 6.07) is 0. The zero-order chi connectivity index (χ0) is 19.2. The number of halogens is 4. The highest BCUT2D eigenvalue weighted by atomic mass is 32.2. The fourth-order valence-corrected chi connectivity index (χ4v) is 2.61. The topological polar surface area (TPSA) is 121 Å². The van der Waals surface area contributed by atoms with Crippen LogP contribution in [-0.2, 0) is 19.1 Å². The number of amides is 1. The summed E-state index contributed by atoms with van der Waals surface area (Å²) in [4.78, 5) is 10.8. The highest BCUT2D eigenvalue weighted by Gasteiger charge is 2.33. The maximum absolute atomic E-state index is 13.8. The molecule has 1 aromatic carbocycles. The van der Waals surface area contributed by atoms with Crippen molar-refractivity contribution in [3.05, 3.63) is 46.4 Å². The maximum Gasteiger partial charge on any atom is 0.303 e. The van der Waals surface area contributed by atoms with Crippen molar-refractivity contribution < 1.29 is 35.0 Å². The largest absolute Gasteiger partial charge is 0.352 e. The molecule has 1 amide bonds. The predicted molar refractivity (Wildman–Crippen MR) is 76.0 cm³/mol. The molecule has 0 bridgehead atoms. The third-order valence-electron chi connectivity index (χ3n) is 2.64. The van der Waals surface area contributed by atoms with Gasteiger partial charge < -0.3 is 5.32 Å². The van der Waals surface area contributed by atoms with Gasteiger partial charge in [0, 0.05) is 11.5 Å². The minimum Gasteiger partial charge on any atom is -0.352 e. The zero-order valence-corrected chi connectivity index (χ0v) is 13.1. The van der Waals surface area contributed by atoms with E-state index in [2.05, 4.69) is 21.2 Å². The van der Waals surface area contributed by atoms with Crippen LogP contribution in [-0.4, -0.2) is 27.5 Å². The van der Waals surface area contributed by atoms with Crippen molar-refractivity contribution in [2.45, 2.75) is 11.3 Å². The van der Waals surface area contributed by atoms with E-state index >= 15 is 0 Å². The Morgan fingerprint density at radius 2 is 1.80 bits per heavy atom. The molecule has 0 saturated heterocycles. The average molecular weight is 382 g/mol. The van der Waals surface area contributed by atoms with Crippen LogP contribution in [0.2, 0.25) is 0 Å². The Labute approximate surface area is 138 Å². The number of hydrogen-bond acceptors (Lipinski definition) is 5. The Kier molecular flexibility index (Phi) is 6.91. The molecule has 13 heteroatoms. The molecule has 0 aromatic heterocycles. The van der Waals surface area contributed by atoms with E-state index in [1.807, 2.05) is 4.91 Å². The number of nitrogens with zero attached hydrogens (tertiary/aromatic N) is 3. The number of carbonyl (C=O) groups excluding carboxylic acids is 1. The standard InChI is InChI=1S/C12H10F4N4O4S/c1-2-6(21)18-4-3-5-24-25(22,23)12-9(15)7(13)11(19-20-17)8(14)10(12)16/h2H,1,3-5H2,(H,18,21). The number of carbonyl (C=O) groups is 1. The van der Waals surface area contributed by atoms with Crippen LogP contribution in [0.3, 0.4) is 0 Å². The van der Waals surface area contributed by atoms with Crippen LogP contribution in [0.15, 0.2) is 22.7 Å². The Hall–Kier alpha value is -2.63. The van der Waals surface area contributed by atoms with E-state index in [1.54, 1.807) is 0 Å². The number of rotatable bonds is 8. The summed E-state index contributed by atoms with van der Waals surface area (Å²) < 4.78 is 82.4. The molecular formula is C12H10F4N4O4S. The maximum atomic E-state index is 13.8. The molecule has 0 radical (unpaired) electrons. The van der Waals surface area contributed by atoms with Crippen LogP contribution in [0.5, 0.6) is 0 Å². The SMILES string of the molecule is C=CC(=O)NCCCOS(=O)(=O)c1c(F)c(F)c(N=[N+]=[N-])c(F)c1F. The summed E-state index contributed by atoms with van der Waals surface area (Å²) in [5.74, 6) is -9.49. The van der Waals surface area contributed by atoms with E-state index in [0.717, 1.165) is 6.08 Å². The fourth-order valence-electron chi connectivity index (χ4n) is 1.54. The summed E-state index contributed by atoms with van der Waals surface area (Å²) in [5.41, 5.74) is 6.45. The lowest BCUT2D eigenvalue weighted by Gasteiger charge is -2.10. The van der Waals surface area contributed by atoms with Crippen LogP contribution >= 0.6 is 0 Å². The van der Waals surface area contributed by atoms with Crippen LogP contribution in [0, 0.1) is 23.3 Å². The molecular weight excluding hydrogens is 372 g/mol. The van der Waals surface area contributed by atoms with Gasteiger partial charge in [0.15, 0.2) is 28.2 Å². The van der Waals surface area contributed by atoms with E-state index in [9.17, 15) is 30.8 Å². The first-order valence-electron chi connectivity index (χ1n) is 6.38. The molecule has 1 N–H and O–H groups in total. The van der Waals surface area contributed by atoms with Gasteiger partial charge in [-0.3, -0.25) is 8.98 Å². The summed E-state index contributed by atoms with van der Waals surface area (Å²) in [6.07, 6.45) is 0.864. The van der Waals surface area contributed by atoms with Crippen molar-refractivity contribution in [3.63, 3.8) is 0 Å². The normalized spacial score (nSPS) is 10.9. The van der Waals surface area contributed by atoms with Gasteiger partial charge in [0.2, 0.25) is 5.91 Å². The molecule has 0 aliphatic carbocycles. The van der Waals surface area contributed by atoms with Gasteiger partial charge in [-0.2, -0.15) is 8.42 Å². The Morgan fingerprint density at radius 3 is 2.28 bits per heavy atom. The van der Waals surface area contributed by atoms with Gasteiger partial charge in [0.1, 0.15) is 5.69 Å². The molecule has 0 heterocycles. The second-order valence-corrected chi connectivity index (χ2v) is 5.80. The fraction of sp³-hybridized carbons (Fsp3) is 0.250. The molecule has 0 spiro atoms. The van der Waals surface area contributed by atoms with Gasteiger partial charge in [-0.25, -0.2) is 17.6 Å². The monoisotopic (exact) mass is 382 g/mol. The molecule has 0 aliphatic heterocycles. The number of azide groups is 1. The molecule has 0 aliphatic rings. The summed E-state index contributed by atoms with van der Waals surface area (Å²) in [5, 5.41) is 4.70. The second-order valence-electron chi connectivity index (χ2n) is 4.25. The number of benzene rings is 1. The van der Waals surface area contributed by atoms with Crippen LogP contribution in [0.1, 0.15) is 6.42 Å². The first-order valence-corrected chi connectivity index (χ1v) is 7.79. The van der Waals surface area contributed by atoms with E-state index < -0.39 is 56.5 Å². The lowest BCUT2D eigenvalue weighted by molar-refractivity contribution is -0.116. The molecule has 1 rings (SSSR count). The third-order valence-corrected chi connectivity index (χ3v) is 3.97. The van der Waals surface area contributed by atoms with Gasteiger partial charge in [0.25, 0.3) is 0 Å². The predicted octanol–water partition coefficient (Wildman–Crippen LogP) is 2.58. The number of hydrogen-bond donors (Lipinski definition) is 1. The van der Waals surface area contributed by atoms with Crippen LogP contribution in [0.4, 0.5) is 23.2 Å². The van der Waals surface area contributed by atoms with Gasteiger partial charge in [0.05, 0.1) is 6.61 Å². The molecule has 136 valence electrons. The van der Waals surface area contributed by atoms with Crippen molar-refractivity contribution in [3.8, 4) is 0 Å². The second kappa shape index (κ2) is 8.46. The first kappa shape index (κ1) is 20.4. The molecule has 0 fully saturated rings. The van der Waals surface area contributed by atoms with Gasteiger partial charge in [-0.1, -0.05) is 11.7 Å². The smallest absolute Gasteiger partial charge is 0.303 e. The number of nitrogens with one attached hydrogen (secondary N) is 1. The van der Waals surface area contributed by atoms with Crippen molar-refractivity contribution in [1.29, 1.82) is 0 Å². The zero-order valence-electron chi connectivity index (χ0n) is 12.3. The molecule has 0 atom stereocenters. The minimum atomic E-state index is -5.20. The van der Waals surface area contributed by atoms with Crippen LogP contribution < -0.4 is 5.32 Å². The summed E-state index contributed by atoms with van der Waals surface area (Å²) in [7, 11) is -5.20. The van der Waals surface area contributed by atoms with Crippen LogP contribution in [0.25, 0.3) is 10.4 Å². The molecule has 1 aromatic rings. The van der Waals surface area contributed by atoms with Gasteiger partial charge in [-0.05, 0) is 18.0 Å². The molecule has 0 saturated carbocycles. The van der Waals surface area contributed by atoms with Gasteiger partial charge >= 0.3 is 10.1 Å². The summed E-state index contributed by atoms with van der Waals surface area (Å²) >= 11 is 0. The van der Waals surface area contributed by atoms with Gasteiger partial charge in [-0.15, -0.1) is 0 Å². The van der Waals surface area contributed by atoms with Crippen molar-refractivity contribution in [2.75, 3.05) is 13.2 Å². The Bertz CT molecular complexity index is 824. The first-order chi connectivity index (χ1) is 11.7. The molecule has 25 heavy (non-hydrogen) atoms. The lowest BCUT2D eigenvalue weighted by Crippen LogP contribution is -2.23. The van der Waals surface area contributed by atoms with Crippen molar-refractivity contribution in [1.82, 2.24) is 5.32 Å². The van der Waals surface area contributed by atoms with E-state index in [4.69, 9.17) is 5.53 Å².